The molecule has 1 aromatic rings. The van der Waals surface area contributed by atoms with E-state index in [4.69, 9.17) is 4.74 Å². The van der Waals surface area contributed by atoms with Crippen molar-refractivity contribution in [3.63, 3.8) is 0 Å². The van der Waals surface area contributed by atoms with E-state index in [0.29, 0.717) is 12.1 Å². The van der Waals surface area contributed by atoms with Gasteiger partial charge >= 0.3 is 0 Å². The molecule has 0 bridgehead atoms. The van der Waals surface area contributed by atoms with Gasteiger partial charge in [-0.05, 0) is 43.7 Å². The van der Waals surface area contributed by atoms with Gasteiger partial charge in [0, 0.05) is 38.1 Å². The molecular formula is C17H24N2O. The number of aromatic nitrogens is 1. The summed E-state index contributed by atoms with van der Waals surface area (Å²) in [5.41, 5.74) is 1.30. The molecule has 3 nitrogen and oxygen atoms in total. The smallest absolute Gasteiger partial charge is 0.0703 e. The Morgan fingerprint density at radius 1 is 1.30 bits per heavy atom. The van der Waals surface area contributed by atoms with Crippen molar-refractivity contribution < 1.29 is 4.74 Å². The summed E-state index contributed by atoms with van der Waals surface area (Å²) in [4.78, 5) is 6.81. The van der Waals surface area contributed by atoms with Crippen LogP contribution in [0.4, 0.5) is 0 Å². The lowest BCUT2D eigenvalue weighted by Gasteiger charge is -2.33. The number of hydrogen-bond donors (Lipinski definition) is 0. The van der Waals surface area contributed by atoms with Crippen molar-refractivity contribution >= 4 is 0 Å². The second kappa shape index (κ2) is 7.00. The fraction of sp³-hybridized carbons (Fsp3) is 0.588. The van der Waals surface area contributed by atoms with Crippen molar-refractivity contribution in [2.75, 3.05) is 13.2 Å². The van der Waals surface area contributed by atoms with Crippen LogP contribution in [0.1, 0.15) is 37.7 Å². The predicted molar refractivity (Wildman–Crippen MR) is 80.4 cm³/mol. The highest BCUT2D eigenvalue weighted by Gasteiger charge is 2.24. The van der Waals surface area contributed by atoms with E-state index < -0.39 is 0 Å². The van der Waals surface area contributed by atoms with Crippen molar-refractivity contribution in [3.05, 3.63) is 42.2 Å². The molecule has 20 heavy (non-hydrogen) atoms. The Balaban J connectivity index is 1.68. The van der Waals surface area contributed by atoms with E-state index in [1.807, 2.05) is 18.5 Å². The highest BCUT2D eigenvalue weighted by atomic mass is 16.5. The molecule has 1 aliphatic heterocycles. The molecule has 0 aromatic carbocycles. The summed E-state index contributed by atoms with van der Waals surface area (Å²) in [6.45, 7) is 2.96. The van der Waals surface area contributed by atoms with E-state index in [0.717, 1.165) is 19.7 Å². The minimum atomic E-state index is 0.419. The summed E-state index contributed by atoms with van der Waals surface area (Å²) < 4.78 is 5.83. The van der Waals surface area contributed by atoms with Crippen molar-refractivity contribution in [2.45, 2.75) is 50.8 Å². The highest BCUT2D eigenvalue weighted by Crippen LogP contribution is 2.22. The Labute approximate surface area is 121 Å². The van der Waals surface area contributed by atoms with Crippen LogP contribution in [-0.4, -0.2) is 35.2 Å². The van der Waals surface area contributed by atoms with Gasteiger partial charge in [-0.1, -0.05) is 18.2 Å². The molecule has 1 aliphatic carbocycles. The first-order chi connectivity index (χ1) is 9.92. The molecule has 3 rings (SSSR count). The van der Waals surface area contributed by atoms with Crippen LogP contribution < -0.4 is 0 Å². The third-order valence-electron chi connectivity index (χ3n) is 4.27. The SMILES string of the molecule is C1=C[C@H](N(Cc2cccnc2)C[C@@H]2CCCO2)CCC1. The zero-order valence-electron chi connectivity index (χ0n) is 12.1. The van der Waals surface area contributed by atoms with E-state index in [1.54, 1.807) is 0 Å². The first kappa shape index (κ1) is 13.8. The Bertz CT molecular complexity index is 426. The zero-order chi connectivity index (χ0) is 13.6. The predicted octanol–water partition coefficient (Wildman–Crippen LogP) is 3.17. The lowest BCUT2D eigenvalue weighted by atomic mass is 10.00. The minimum Gasteiger partial charge on any atom is -0.377 e. The molecule has 0 N–H and O–H groups in total. The zero-order valence-corrected chi connectivity index (χ0v) is 12.1. The van der Waals surface area contributed by atoms with Crippen molar-refractivity contribution in [3.8, 4) is 0 Å². The normalized spacial score (nSPS) is 26.2. The van der Waals surface area contributed by atoms with Crippen LogP contribution in [0.3, 0.4) is 0 Å². The quantitative estimate of drug-likeness (QED) is 0.770. The molecule has 1 saturated heterocycles. The van der Waals surface area contributed by atoms with Gasteiger partial charge in [-0.2, -0.15) is 0 Å². The van der Waals surface area contributed by atoms with Crippen LogP contribution in [0.25, 0.3) is 0 Å². The maximum absolute atomic E-state index is 5.83. The highest BCUT2D eigenvalue weighted by molar-refractivity contribution is 5.10. The molecule has 1 fully saturated rings. The molecule has 0 unspecified atom stereocenters. The largest absolute Gasteiger partial charge is 0.377 e. The number of allylic oxidation sites excluding steroid dienone is 1. The second-order valence-electron chi connectivity index (χ2n) is 5.85. The van der Waals surface area contributed by atoms with Crippen molar-refractivity contribution in [1.82, 2.24) is 9.88 Å². The van der Waals surface area contributed by atoms with E-state index in [9.17, 15) is 0 Å². The van der Waals surface area contributed by atoms with Crippen LogP contribution in [0.15, 0.2) is 36.7 Å². The minimum absolute atomic E-state index is 0.419. The number of rotatable bonds is 5. The lowest BCUT2D eigenvalue weighted by Crippen LogP contribution is -2.39. The van der Waals surface area contributed by atoms with E-state index in [1.165, 1.54) is 37.7 Å². The summed E-state index contributed by atoms with van der Waals surface area (Å²) in [6.07, 6.45) is 15.2. The Hall–Kier alpha value is -1.19. The van der Waals surface area contributed by atoms with Crippen LogP contribution in [0.5, 0.6) is 0 Å². The van der Waals surface area contributed by atoms with Gasteiger partial charge < -0.3 is 4.74 Å². The third kappa shape index (κ3) is 3.68. The van der Waals surface area contributed by atoms with Gasteiger partial charge in [0.25, 0.3) is 0 Å². The van der Waals surface area contributed by atoms with Gasteiger partial charge in [0.1, 0.15) is 0 Å². The van der Waals surface area contributed by atoms with Crippen LogP contribution in [0.2, 0.25) is 0 Å². The summed E-state index contributed by atoms with van der Waals surface area (Å²) in [5, 5.41) is 0. The molecular weight excluding hydrogens is 248 g/mol. The van der Waals surface area contributed by atoms with E-state index in [2.05, 4.69) is 28.1 Å². The molecule has 0 amide bonds. The summed E-state index contributed by atoms with van der Waals surface area (Å²) in [7, 11) is 0. The fourth-order valence-corrected chi connectivity index (χ4v) is 3.19. The molecule has 108 valence electrons. The number of hydrogen-bond acceptors (Lipinski definition) is 3. The van der Waals surface area contributed by atoms with Gasteiger partial charge in [0.15, 0.2) is 0 Å². The van der Waals surface area contributed by atoms with Crippen LogP contribution in [-0.2, 0) is 11.3 Å². The topological polar surface area (TPSA) is 25.4 Å². The summed E-state index contributed by atoms with van der Waals surface area (Å²) >= 11 is 0. The van der Waals surface area contributed by atoms with Gasteiger partial charge in [0.05, 0.1) is 6.10 Å². The third-order valence-corrected chi connectivity index (χ3v) is 4.27. The summed E-state index contributed by atoms with van der Waals surface area (Å²) in [6, 6.07) is 4.76. The first-order valence-electron chi connectivity index (χ1n) is 7.83. The average Bonchev–Trinajstić information content (AvgIpc) is 3.02. The standard InChI is InChI=1S/C17H24N2O/c1-2-7-16(8-3-1)19(14-17-9-5-11-20-17)13-15-6-4-10-18-12-15/h2,4,6-7,10,12,16-17H,1,3,5,8-9,11,13-14H2/t16-,17-/m0/s1. The molecule has 0 spiro atoms. The maximum Gasteiger partial charge on any atom is 0.0703 e. The lowest BCUT2D eigenvalue weighted by molar-refractivity contribution is 0.0586. The van der Waals surface area contributed by atoms with Crippen LogP contribution >= 0.6 is 0 Å². The van der Waals surface area contributed by atoms with Crippen molar-refractivity contribution in [1.29, 1.82) is 0 Å². The Morgan fingerprint density at radius 3 is 3.00 bits per heavy atom. The molecule has 2 aliphatic rings. The average molecular weight is 272 g/mol. The fourth-order valence-electron chi connectivity index (χ4n) is 3.19. The number of nitrogens with zero attached hydrogens (tertiary/aromatic N) is 2. The first-order valence-corrected chi connectivity index (χ1v) is 7.83. The van der Waals surface area contributed by atoms with E-state index in [-0.39, 0.29) is 0 Å². The van der Waals surface area contributed by atoms with Crippen molar-refractivity contribution in [2.24, 2.45) is 0 Å². The maximum atomic E-state index is 5.83. The van der Waals surface area contributed by atoms with Gasteiger partial charge in [-0.25, -0.2) is 0 Å². The van der Waals surface area contributed by atoms with Gasteiger partial charge in [-0.3, -0.25) is 9.88 Å². The summed E-state index contributed by atoms with van der Waals surface area (Å²) in [5.74, 6) is 0. The molecule has 2 heterocycles. The molecule has 1 aromatic heterocycles. The second-order valence-corrected chi connectivity index (χ2v) is 5.85. The van der Waals surface area contributed by atoms with Crippen LogP contribution in [0, 0.1) is 0 Å². The monoisotopic (exact) mass is 272 g/mol. The Morgan fingerprint density at radius 2 is 2.30 bits per heavy atom. The number of pyridine rings is 1. The number of ether oxygens (including phenoxy) is 1. The molecule has 2 atom stereocenters. The van der Waals surface area contributed by atoms with E-state index >= 15 is 0 Å². The molecule has 3 heteroatoms. The van der Waals surface area contributed by atoms with Gasteiger partial charge in [-0.15, -0.1) is 0 Å². The Kier molecular flexibility index (Phi) is 4.82. The molecule has 0 saturated carbocycles. The van der Waals surface area contributed by atoms with Gasteiger partial charge in [0.2, 0.25) is 0 Å². The molecule has 0 radical (unpaired) electrons.